The number of benzene rings is 1. The summed E-state index contributed by atoms with van der Waals surface area (Å²) < 4.78 is 45.0. The van der Waals surface area contributed by atoms with Crippen LogP contribution in [-0.4, -0.2) is 45.5 Å². The molecular formula is C21H23FN2O5S. The van der Waals surface area contributed by atoms with Gasteiger partial charge in [-0.15, -0.1) is 0 Å². The summed E-state index contributed by atoms with van der Waals surface area (Å²) in [6.45, 7) is 3.78. The Morgan fingerprint density at radius 1 is 1.40 bits per heavy atom. The van der Waals surface area contributed by atoms with Crippen molar-refractivity contribution in [2.24, 2.45) is 5.41 Å². The van der Waals surface area contributed by atoms with E-state index in [9.17, 15) is 17.1 Å². The fourth-order valence-corrected chi connectivity index (χ4v) is 6.54. The lowest BCUT2D eigenvalue weighted by molar-refractivity contribution is -0.137. The van der Waals surface area contributed by atoms with E-state index in [0.29, 0.717) is 12.0 Å². The van der Waals surface area contributed by atoms with E-state index in [1.54, 1.807) is 12.1 Å². The molecule has 0 aromatic heterocycles. The van der Waals surface area contributed by atoms with Crippen molar-refractivity contribution in [3.05, 3.63) is 47.2 Å². The van der Waals surface area contributed by atoms with Gasteiger partial charge in [0.2, 0.25) is 0 Å². The lowest BCUT2D eigenvalue weighted by atomic mass is 9.55. The molecular weight excluding hydrogens is 411 g/mol. The molecule has 30 heavy (non-hydrogen) atoms. The smallest absolute Gasteiger partial charge is 0.466 e. The number of nitrogens with zero attached hydrogens (tertiary/aromatic N) is 1. The summed E-state index contributed by atoms with van der Waals surface area (Å²) in [6.07, 6.45) is 6.55. The van der Waals surface area contributed by atoms with Gasteiger partial charge in [0, 0.05) is 35.9 Å². The van der Waals surface area contributed by atoms with Gasteiger partial charge < -0.3 is 14.2 Å². The van der Waals surface area contributed by atoms with E-state index in [2.05, 4.69) is 33.5 Å². The van der Waals surface area contributed by atoms with Crippen LogP contribution >= 0.6 is 0 Å². The molecule has 1 aromatic rings. The largest absolute Gasteiger partial charge is 0.488 e. The molecule has 1 fully saturated rings. The van der Waals surface area contributed by atoms with Crippen molar-refractivity contribution < 1.29 is 26.0 Å². The molecule has 0 saturated carbocycles. The summed E-state index contributed by atoms with van der Waals surface area (Å²) in [7, 11) is -3.76. The second-order valence-corrected chi connectivity index (χ2v) is 9.39. The van der Waals surface area contributed by atoms with Gasteiger partial charge in [-0.25, -0.2) is 4.79 Å². The molecule has 9 heteroatoms. The van der Waals surface area contributed by atoms with Crippen LogP contribution in [0.5, 0.6) is 5.75 Å². The maximum Gasteiger partial charge on any atom is 0.488 e. The van der Waals surface area contributed by atoms with Gasteiger partial charge in [-0.1, -0.05) is 23.0 Å². The van der Waals surface area contributed by atoms with E-state index in [4.69, 9.17) is 4.74 Å². The van der Waals surface area contributed by atoms with Gasteiger partial charge in [-0.2, -0.15) is 8.42 Å². The number of ether oxygens (including phenoxy) is 1. The average molecular weight is 434 g/mol. The maximum atomic E-state index is 13.2. The van der Waals surface area contributed by atoms with Crippen molar-refractivity contribution in [2.75, 3.05) is 25.5 Å². The van der Waals surface area contributed by atoms with E-state index in [1.165, 1.54) is 13.2 Å². The number of nitrogens with one attached hydrogen (secondary N) is 1. The first-order chi connectivity index (χ1) is 14.2. The minimum atomic E-state index is -5.14. The van der Waals surface area contributed by atoms with Crippen molar-refractivity contribution in [3.63, 3.8) is 0 Å². The molecule has 3 heterocycles. The first kappa shape index (κ1) is 19.6. The predicted octanol–water partition coefficient (Wildman–Crippen LogP) is 2.81. The van der Waals surface area contributed by atoms with Crippen LogP contribution in [0.3, 0.4) is 0 Å². The molecule has 1 N–H and O–H groups in total. The molecule has 160 valence electrons. The predicted molar refractivity (Wildman–Crippen MR) is 108 cm³/mol. The van der Waals surface area contributed by atoms with Crippen molar-refractivity contribution in [3.8, 4) is 5.75 Å². The zero-order valence-electron chi connectivity index (χ0n) is 16.8. The van der Waals surface area contributed by atoms with Crippen molar-refractivity contribution in [2.45, 2.75) is 37.6 Å². The van der Waals surface area contributed by atoms with E-state index < -0.39 is 15.9 Å². The second-order valence-electron chi connectivity index (χ2n) is 8.44. The summed E-state index contributed by atoms with van der Waals surface area (Å²) in [4.78, 5) is 15.2. The fourth-order valence-electron chi connectivity index (χ4n) is 6.21. The van der Waals surface area contributed by atoms with Gasteiger partial charge in [0.05, 0.1) is 18.1 Å². The number of halogens is 1. The Kier molecular flexibility index (Phi) is 4.11. The Morgan fingerprint density at radius 3 is 2.90 bits per heavy atom. The second kappa shape index (κ2) is 6.31. The number of carbonyl (C=O) groups is 1. The van der Waals surface area contributed by atoms with E-state index in [1.807, 2.05) is 0 Å². The van der Waals surface area contributed by atoms with Crippen molar-refractivity contribution in [1.29, 1.82) is 0 Å². The molecule has 1 spiro atoms. The Labute approximate surface area is 174 Å². The van der Waals surface area contributed by atoms with E-state index in [-0.39, 0.29) is 23.2 Å². The summed E-state index contributed by atoms with van der Waals surface area (Å²) in [5, 5.41) is 3.41. The molecule has 1 saturated heterocycles. The molecule has 0 bridgehead atoms. The van der Waals surface area contributed by atoms with Gasteiger partial charge in [0.15, 0.2) is 0 Å². The normalized spacial score (nSPS) is 31.6. The molecule has 5 rings (SSSR count). The standard InChI is InChI=1S/C21H23FN2O5S/c1-3-20-7-4-9-24-10-8-21(19(20)24)15-11-13(29-30(22,26)27)5-6-16(15)23-17(21)14(12-20)18(25)28-2/h4-7,11,19,23H,3,8-10,12H2,1-2H3/t19-,20-,21-/m0/s1. The van der Waals surface area contributed by atoms with Crippen LogP contribution in [0.25, 0.3) is 0 Å². The number of carbonyl (C=O) groups excluding carboxylic acids is 1. The van der Waals surface area contributed by atoms with Crippen LogP contribution in [0.15, 0.2) is 41.6 Å². The highest BCUT2D eigenvalue weighted by Gasteiger charge is 2.65. The molecule has 1 aromatic carbocycles. The molecule has 3 atom stereocenters. The van der Waals surface area contributed by atoms with Crippen LogP contribution in [0.2, 0.25) is 0 Å². The third-order valence-electron chi connectivity index (χ3n) is 7.23. The zero-order valence-corrected chi connectivity index (χ0v) is 17.6. The summed E-state index contributed by atoms with van der Waals surface area (Å²) >= 11 is 0. The Bertz CT molecular complexity index is 1110. The SMILES string of the molecule is CC[C@]12C=CCN3CC[C@]4(C(=C(C(=O)OC)C1)Nc1ccc(OS(=O)(=O)F)cc14)[C@@H]32. The molecule has 7 nitrogen and oxygen atoms in total. The Balaban J connectivity index is 1.77. The number of esters is 1. The third-order valence-corrected chi connectivity index (χ3v) is 7.62. The van der Waals surface area contributed by atoms with Crippen molar-refractivity contribution in [1.82, 2.24) is 4.90 Å². The lowest BCUT2D eigenvalue weighted by Crippen LogP contribution is -2.58. The average Bonchev–Trinajstić information content (AvgIpc) is 3.26. The Hall–Kier alpha value is -2.39. The van der Waals surface area contributed by atoms with Crippen LogP contribution in [-0.2, 0) is 25.5 Å². The Morgan fingerprint density at radius 2 is 2.20 bits per heavy atom. The molecule has 0 amide bonds. The highest BCUT2D eigenvalue weighted by molar-refractivity contribution is 7.81. The number of anilines is 1. The number of hydrogen-bond acceptors (Lipinski definition) is 7. The lowest BCUT2D eigenvalue weighted by Gasteiger charge is -2.53. The third kappa shape index (κ3) is 2.51. The van der Waals surface area contributed by atoms with Gasteiger partial charge in [0.1, 0.15) is 5.75 Å². The van der Waals surface area contributed by atoms with Gasteiger partial charge in [-0.05, 0) is 43.0 Å². The number of methoxy groups -OCH3 is 1. The minimum absolute atomic E-state index is 0.0780. The summed E-state index contributed by atoms with van der Waals surface area (Å²) in [6, 6.07) is 4.78. The minimum Gasteiger partial charge on any atom is -0.466 e. The highest BCUT2D eigenvalue weighted by Crippen LogP contribution is 2.64. The van der Waals surface area contributed by atoms with Gasteiger partial charge in [0.25, 0.3) is 0 Å². The van der Waals surface area contributed by atoms with Crippen LogP contribution in [0, 0.1) is 5.41 Å². The maximum absolute atomic E-state index is 13.2. The van der Waals surface area contributed by atoms with E-state index >= 15 is 0 Å². The number of rotatable bonds is 4. The van der Waals surface area contributed by atoms with Crippen LogP contribution in [0.1, 0.15) is 31.7 Å². The molecule has 3 aliphatic heterocycles. The van der Waals surface area contributed by atoms with E-state index in [0.717, 1.165) is 42.9 Å². The topological polar surface area (TPSA) is 84.9 Å². The van der Waals surface area contributed by atoms with Crippen molar-refractivity contribution >= 4 is 22.2 Å². The van der Waals surface area contributed by atoms with Crippen LogP contribution in [0.4, 0.5) is 9.57 Å². The zero-order chi connectivity index (χ0) is 21.3. The summed E-state index contributed by atoms with van der Waals surface area (Å²) in [5.41, 5.74) is 2.24. The first-order valence-electron chi connectivity index (χ1n) is 10.0. The highest BCUT2D eigenvalue weighted by atomic mass is 32.3. The molecule has 4 aliphatic rings. The quantitative estimate of drug-likeness (QED) is 0.443. The summed E-state index contributed by atoms with van der Waals surface area (Å²) in [5.74, 6) is -0.443. The monoisotopic (exact) mass is 434 g/mol. The fraction of sp³-hybridized carbons (Fsp3) is 0.476. The van der Waals surface area contributed by atoms with Crippen LogP contribution < -0.4 is 9.50 Å². The van der Waals surface area contributed by atoms with Gasteiger partial charge in [-0.3, -0.25) is 4.90 Å². The first-order valence-corrected chi connectivity index (χ1v) is 11.3. The number of hydrogen-bond donors (Lipinski definition) is 1. The number of fused-ring (bicyclic) bond motifs is 1. The molecule has 1 aliphatic carbocycles. The van der Waals surface area contributed by atoms with Gasteiger partial charge >= 0.3 is 16.5 Å². The molecule has 0 radical (unpaired) electrons. The molecule has 0 unspecified atom stereocenters.